The van der Waals surface area contributed by atoms with E-state index in [0.717, 1.165) is 12.0 Å². The predicted molar refractivity (Wildman–Crippen MR) is 110 cm³/mol. The number of aromatic hydroxyl groups is 1. The Hall–Kier alpha value is -3.60. The first-order valence-corrected chi connectivity index (χ1v) is 9.41. The van der Waals surface area contributed by atoms with Crippen LogP contribution in [0.15, 0.2) is 66.7 Å². The molecule has 0 fully saturated rings. The van der Waals surface area contributed by atoms with Crippen LogP contribution in [0.1, 0.15) is 50.8 Å². The number of carboxylic acids is 1. The number of carbonyl (C=O) groups excluding carboxylic acids is 1. The zero-order chi connectivity index (χ0) is 20.8. The van der Waals surface area contributed by atoms with Crippen molar-refractivity contribution in [1.82, 2.24) is 0 Å². The van der Waals surface area contributed by atoms with E-state index in [4.69, 9.17) is 9.84 Å². The van der Waals surface area contributed by atoms with Crippen molar-refractivity contribution in [3.63, 3.8) is 0 Å². The molecule has 0 saturated carbocycles. The first-order valence-electron chi connectivity index (χ1n) is 9.41. The number of rotatable bonds is 8. The lowest BCUT2D eigenvalue weighted by molar-refractivity contribution is 0.0696. The van der Waals surface area contributed by atoms with Crippen molar-refractivity contribution in [2.24, 2.45) is 0 Å². The molecule has 2 N–H and O–H groups in total. The molecule has 0 aliphatic rings. The van der Waals surface area contributed by atoms with E-state index in [1.807, 2.05) is 13.0 Å². The molecule has 3 rings (SSSR count). The molecule has 5 heteroatoms. The highest BCUT2D eigenvalue weighted by Crippen LogP contribution is 2.30. The van der Waals surface area contributed by atoms with Crippen molar-refractivity contribution < 1.29 is 24.5 Å². The van der Waals surface area contributed by atoms with Gasteiger partial charge in [0.05, 0.1) is 11.1 Å². The summed E-state index contributed by atoms with van der Waals surface area (Å²) in [4.78, 5) is 23.7. The third kappa shape index (κ3) is 4.63. The highest BCUT2D eigenvalue weighted by atomic mass is 16.5. The summed E-state index contributed by atoms with van der Waals surface area (Å²) in [7, 11) is 0. The van der Waals surface area contributed by atoms with Gasteiger partial charge < -0.3 is 14.9 Å². The maximum absolute atomic E-state index is 12.8. The Morgan fingerprint density at radius 1 is 0.897 bits per heavy atom. The zero-order valence-electron chi connectivity index (χ0n) is 16.1. The molecule has 0 amide bonds. The summed E-state index contributed by atoms with van der Waals surface area (Å²) in [6, 6.07) is 18.4. The minimum absolute atomic E-state index is 0.0111. The van der Waals surface area contributed by atoms with Gasteiger partial charge in [0.15, 0.2) is 5.78 Å². The van der Waals surface area contributed by atoms with Crippen molar-refractivity contribution in [2.45, 2.75) is 26.4 Å². The summed E-state index contributed by atoms with van der Waals surface area (Å²) < 4.78 is 5.76. The molecular weight excluding hydrogens is 368 g/mol. The molecule has 0 saturated heterocycles. The van der Waals surface area contributed by atoms with E-state index < -0.39 is 5.97 Å². The van der Waals surface area contributed by atoms with Crippen LogP contribution in [0.4, 0.5) is 0 Å². The fourth-order valence-electron chi connectivity index (χ4n) is 3.13. The number of benzene rings is 3. The molecule has 29 heavy (non-hydrogen) atoms. The van der Waals surface area contributed by atoms with E-state index in [2.05, 4.69) is 0 Å². The molecule has 0 bridgehead atoms. The third-order valence-corrected chi connectivity index (χ3v) is 4.66. The van der Waals surface area contributed by atoms with Gasteiger partial charge in [-0.25, -0.2) is 4.79 Å². The van der Waals surface area contributed by atoms with E-state index >= 15 is 0 Å². The minimum atomic E-state index is -0.995. The molecule has 0 spiro atoms. The zero-order valence-corrected chi connectivity index (χ0v) is 16.1. The van der Waals surface area contributed by atoms with Gasteiger partial charge in [-0.3, -0.25) is 4.79 Å². The Morgan fingerprint density at radius 2 is 1.59 bits per heavy atom. The van der Waals surface area contributed by atoms with Crippen molar-refractivity contribution in [2.75, 3.05) is 0 Å². The quantitative estimate of drug-likeness (QED) is 0.537. The Bertz CT molecular complexity index is 1010. The Labute approximate surface area is 169 Å². The fraction of sp³-hybridized carbons (Fsp3) is 0.167. The minimum Gasteiger partial charge on any atom is -0.507 e. The van der Waals surface area contributed by atoms with Crippen molar-refractivity contribution in [3.8, 4) is 11.5 Å². The summed E-state index contributed by atoms with van der Waals surface area (Å²) >= 11 is 0. The molecule has 0 atom stereocenters. The van der Waals surface area contributed by atoms with Gasteiger partial charge in [0.2, 0.25) is 0 Å². The molecular formula is C24H22O5. The largest absolute Gasteiger partial charge is 0.507 e. The van der Waals surface area contributed by atoms with Gasteiger partial charge in [-0.2, -0.15) is 0 Å². The summed E-state index contributed by atoms with van der Waals surface area (Å²) in [5, 5.41) is 19.8. The van der Waals surface area contributed by atoms with E-state index in [9.17, 15) is 14.7 Å². The van der Waals surface area contributed by atoms with Crippen LogP contribution in [0, 0.1) is 0 Å². The van der Waals surface area contributed by atoms with Gasteiger partial charge in [0.1, 0.15) is 18.1 Å². The normalized spacial score (nSPS) is 10.5. The van der Waals surface area contributed by atoms with Crippen LogP contribution in [0.5, 0.6) is 11.5 Å². The van der Waals surface area contributed by atoms with Crippen LogP contribution >= 0.6 is 0 Å². The molecule has 5 nitrogen and oxygen atoms in total. The second-order valence-electron chi connectivity index (χ2n) is 6.66. The van der Waals surface area contributed by atoms with Crippen LogP contribution < -0.4 is 4.74 Å². The number of phenolic OH excluding ortho intramolecular Hbond substituents is 1. The standard InChI is InChI=1S/C24H22O5/c1-2-6-20-18(15-29-19-12-9-17(10-13-19)24(27)28)11-14-21(23(20)26)22(25)16-7-4-3-5-8-16/h3-5,7-14,26H,2,6,15H2,1H3,(H,27,28). The van der Waals surface area contributed by atoms with Gasteiger partial charge in [0.25, 0.3) is 0 Å². The van der Waals surface area contributed by atoms with Crippen molar-refractivity contribution in [3.05, 3.63) is 94.5 Å². The highest BCUT2D eigenvalue weighted by molar-refractivity contribution is 6.10. The Kier molecular flexibility index (Phi) is 6.29. The summed E-state index contributed by atoms with van der Waals surface area (Å²) in [6.07, 6.45) is 1.41. The van der Waals surface area contributed by atoms with Crippen LogP contribution in [0.2, 0.25) is 0 Å². The van der Waals surface area contributed by atoms with Crippen molar-refractivity contribution in [1.29, 1.82) is 0 Å². The van der Waals surface area contributed by atoms with E-state index in [1.54, 1.807) is 48.5 Å². The van der Waals surface area contributed by atoms with Crippen LogP contribution in [0.25, 0.3) is 0 Å². The van der Waals surface area contributed by atoms with E-state index in [0.29, 0.717) is 23.3 Å². The van der Waals surface area contributed by atoms with Crippen molar-refractivity contribution >= 4 is 11.8 Å². The SMILES string of the molecule is CCCc1c(COc2ccc(C(=O)O)cc2)ccc(C(=O)c2ccccc2)c1O. The monoisotopic (exact) mass is 390 g/mol. The van der Waals surface area contributed by atoms with Gasteiger partial charge >= 0.3 is 5.97 Å². The fourth-order valence-corrected chi connectivity index (χ4v) is 3.13. The number of carbonyl (C=O) groups is 2. The molecule has 0 aliphatic heterocycles. The number of hydrogen-bond donors (Lipinski definition) is 2. The number of phenols is 1. The number of ketones is 1. The molecule has 3 aromatic carbocycles. The maximum atomic E-state index is 12.8. The van der Waals surface area contributed by atoms with Crippen LogP contribution in [-0.2, 0) is 13.0 Å². The van der Waals surface area contributed by atoms with Crippen LogP contribution in [0.3, 0.4) is 0 Å². The Balaban J connectivity index is 1.84. The second kappa shape index (κ2) is 9.06. The topological polar surface area (TPSA) is 83.8 Å². The number of aromatic carboxylic acids is 1. The predicted octanol–water partition coefficient (Wildman–Crippen LogP) is 4.85. The maximum Gasteiger partial charge on any atom is 0.335 e. The summed E-state index contributed by atoms with van der Waals surface area (Å²) in [5.41, 5.74) is 2.46. The Morgan fingerprint density at radius 3 is 2.21 bits per heavy atom. The van der Waals surface area contributed by atoms with Crippen LogP contribution in [-0.4, -0.2) is 22.0 Å². The second-order valence-corrected chi connectivity index (χ2v) is 6.66. The first kappa shape index (κ1) is 20.1. The van der Waals surface area contributed by atoms with E-state index in [-0.39, 0.29) is 29.3 Å². The molecule has 0 heterocycles. The molecule has 3 aromatic rings. The molecule has 0 radical (unpaired) electrons. The molecule has 148 valence electrons. The first-order chi connectivity index (χ1) is 14.0. The smallest absolute Gasteiger partial charge is 0.335 e. The lowest BCUT2D eigenvalue weighted by Gasteiger charge is -2.15. The van der Waals surface area contributed by atoms with Gasteiger partial charge in [-0.05, 0) is 42.3 Å². The number of hydrogen-bond acceptors (Lipinski definition) is 4. The average Bonchev–Trinajstić information content (AvgIpc) is 2.74. The third-order valence-electron chi connectivity index (χ3n) is 4.66. The molecule has 0 aromatic heterocycles. The van der Waals surface area contributed by atoms with Gasteiger partial charge in [0, 0.05) is 11.1 Å². The van der Waals surface area contributed by atoms with Gasteiger partial charge in [-0.1, -0.05) is 49.7 Å². The summed E-state index contributed by atoms with van der Waals surface area (Å²) in [6.45, 7) is 2.20. The number of ether oxygens (including phenoxy) is 1. The lowest BCUT2D eigenvalue weighted by atomic mass is 9.94. The van der Waals surface area contributed by atoms with E-state index in [1.165, 1.54) is 12.1 Å². The van der Waals surface area contributed by atoms with Gasteiger partial charge in [-0.15, -0.1) is 0 Å². The number of carboxylic acid groups (broad SMARTS) is 1. The molecule has 0 unspecified atom stereocenters. The lowest BCUT2D eigenvalue weighted by Crippen LogP contribution is -2.07. The summed E-state index contributed by atoms with van der Waals surface area (Å²) in [5.74, 6) is -0.702. The molecule has 0 aliphatic carbocycles. The average molecular weight is 390 g/mol. The highest BCUT2D eigenvalue weighted by Gasteiger charge is 2.19.